The van der Waals surface area contributed by atoms with Gasteiger partial charge in [-0.05, 0) is 25.4 Å². The van der Waals surface area contributed by atoms with Gasteiger partial charge in [0.2, 0.25) is 0 Å². The summed E-state index contributed by atoms with van der Waals surface area (Å²) in [5.41, 5.74) is 0. The summed E-state index contributed by atoms with van der Waals surface area (Å²) in [5.74, 6) is 0.953. The third kappa shape index (κ3) is 2.94. The van der Waals surface area contributed by atoms with Crippen LogP contribution in [0, 0.1) is 5.92 Å². The van der Waals surface area contributed by atoms with Gasteiger partial charge in [0.15, 0.2) is 0 Å². The highest BCUT2D eigenvalue weighted by molar-refractivity contribution is 4.76. The second-order valence-electron chi connectivity index (χ2n) is 4.81. The Morgan fingerprint density at radius 3 is 2.36 bits per heavy atom. The fraction of sp³-hybridized carbons (Fsp3) is 1.00. The van der Waals surface area contributed by atoms with Crippen LogP contribution in [0.4, 0.5) is 0 Å². The zero-order valence-electron chi connectivity index (χ0n) is 9.34. The van der Waals surface area contributed by atoms with Crippen LogP contribution in [0.3, 0.4) is 0 Å². The van der Waals surface area contributed by atoms with Crippen LogP contribution in [0.25, 0.3) is 0 Å². The van der Waals surface area contributed by atoms with Gasteiger partial charge in [0, 0.05) is 39.3 Å². The number of piperazine rings is 1. The maximum atomic E-state index is 3.39. The Kier molecular flexibility index (Phi) is 3.79. The van der Waals surface area contributed by atoms with Crippen LogP contribution >= 0.6 is 0 Å². The topological polar surface area (TPSA) is 18.5 Å². The molecule has 3 nitrogen and oxygen atoms in total. The highest BCUT2D eigenvalue weighted by Gasteiger charge is 2.21. The molecule has 0 unspecified atom stereocenters. The molecule has 2 rings (SSSR count). The normalized spacial score (nSPS) is 26.4. The van der Waals surface area contributed by atoms with E-state index in [0.29, 0.717) is 0 Å². The van der Waals surface area contributed by atoms with E-state index < -0.39 is 0 Å². The summed E-state index contributed by atoms with van der Waals surface area (Å²) >= 11 is 0. The zero-order chi connectivity index (χ0) is 9.80. The van der Waals surface area contributed by atoms with E-state index in [0.717, 1.165) is 5.92 Å². The third-order valence-electron chi connectivity index (χ3n) is 3.30. The van der Waals surface area contributed by atoms with Gasteiger partial charge >= 0.3 is 0 Å². The molecule has 0 aromatic carbocycles. The third-order valence-corrected chi connectivity index (χ3v) is 3.30. The molecule has 2 fully saturated rings. The molecule has 0 aliphatic carbocycles. The molecule has 1 N–H and O–H groups in total. The van der Waals surface area contributed by atoms with E-state index in [9.17, 15) is 0 Å². The van der Waals surface area contributed by atoms with Gasteiger partial charge in [0.05, 0.1) is 0 Å². The maximum Gasteiger partial charge on any atom is 0.0107 e. The van der Waals surface area contributed by atoms with Gasteiger partial charge in [-0.15, -0.1) is 0 Å². The van der Waals surface area contributed by atoms with Crippen LogP contribution in [0.2, 0.25) is 0 Å². The summed E-state index contributed by atoms with van der Waals surface area (Å²) in [5, 5.41) is 3.39. The van der Waals surface area contributed by atoms with Gasteiger partial charge in [-0.2, -0.15) is 0 Å². The smallest absolute Gasteiger partial charge is 0.0107 e. The molecule has 0 saturated carbocycles. The molecule has 0 aromatic rings. The Bertz CT molecular complexity index is 160. The molecular weight excluding hydrogens is 174 g/mol. The van der Waals surface area contributed by atoms with Crippen molar-refractivity contribution in [2.24, 2.45) is 5.92 Å². The molecule has 14 heavy (non-hydrogen) atoms. The summed E-state index contributed by atoms with van der Waals surface area (Å²) < 4.78 is 0. The molecule has 0 atom stereocenters. The van der Waals surface area contributed by atoms with Crippen molar-refractivity contribution in [3.05, 3.63) is 0 Å². The largest absolute Gasteiger partial charge is 0.314 e. The first kappa shape index (κ1) is 10.4. The van der Waals surface area contributed by atoms with Gasteiger partial charge in [-0.25, -0.2) is 0 Å². The van der Waals surface area contributed by atoms with Gasteiger partial charge < -0.3 is 15.1 Å². The van der Waals surface area contributed by atoms with Crippen molar-refractivity contribution in [1.29, 1.82) is 0 Å². The van der Waals surface area contributed by atoms with Crippen LogP contribution in [0.5, 0.6) is 0 Å². The van der Waals surface area contributed by atoms with Crippen LogP contribution in [0.15, 0.2) is 0 Å². The second kappa shape index (κ2) is 5.10. The van der Waals surface area contributed by atoms with Gasteiger partial charge in [0.25, 0.3) is 0 Å². The average Bonchev–Trinajstić information content (AvgIpc) is 2.17. The van der Waals surface area contributed by atoms with E-state index in [1.807, 2.05) is 0 Å². The van der Waals surface area contributed by atoms with Crippen molar-refractivity contribution in [2.45, 2.75) is 13.3 Å². The number of nitrogens with zero attached hydrogens (tertiary/aromatic N) is 2. The lowest BCUT2D eigenvalue weighted by Gasteiger charge is -2.37. The molecular formula is C11H23N3. The average molecular weight is 197 g/mol. The summed E-state index contributed by atoms with van der Waals surface area (Å²) in [6, 6.07) is 0. The van der Waals surface area contributed by atoms with Crippen LogP contribution in [-0.4, -0.2) is 62.2 Å². The minimum absolute atomic E-state index is 0.953. The molecule has 3 heteroatoms. The zero-order valence-corrected chi connectivity index (χ0v) is 9.34. The van der Waals surface area contributed by atoms with Crippen LogP contribution < -0.4 is 5.32 Å². The summed E-state index contributed by atoms with van der Waals surface area (Å²) in [4.78, 5) is 5.16. The fourth-order valence-corrected chi connectivity index (χ4v) is 2.46. The maximum absolute atomic E-state index is 3.39. The highest BCUT2D eigenvalue weighted by Crippen LogP contribution is 2.13. The molecule has 2 aliphatic heterocycles. The Balaban J connectivity index is 1.50. The minimum atomic E-state index is 0.953. The lowest BCUT2D eigenvalue weighted by Crippen LogP contribution is -2.47. The number of hydrogen-bond donors (Lipinski definition) is 1. The first-order valence-corrected chi connectivity index (χ1v) is 6.00. The van der Waals surface area contributed by atoms with E-state index in [1.165, 1.54) is 58.8 Å². The molecule has 2 heterocycles. The lowest BCUT2D eigenvalue weighted by atomic mass is 10.0. The first-order chi connectivity index (χ1) is 6.84. The summed E-state index contributed by atoms with van der Waals surface area (Å²) in [6.07, 6.45) is 1.35. The fourth-order valence-electron chi connectivity index (χ4n) is 2.46. The monoisotopic (exact) mass is 197 g/mol. The summed E-state index contributed by atoms with van der Waals surface area (Å²) in [7, 11) is 0. The Labute approximate surface area is 87.4 Å². The molecule has 0 spiro atoms. The molecule has 0 bridgehead atoms. The van der Waals surface area contributed by atoms with E-state index in [1.54, 1.807) is 0 Å². The molecule has 2 saturated heterocycles. The highest BCUT2D eigenvalue weighted by atomic mass is 15.2. The van der Waals surface area contributed by atoms with Crippen LogP contribution in [0.1, 0.15) is 13.3 Å². The number of hydrogen-bond acceptors (Lipinski definition) is 3. The number of rotatable bonds is 4. The lowest BCUT2D eigenvalue weighted by molar-refractivity contribution is 0.105. The van der Waals surface area contributed by atoms with E-state index in [-0.39, 0.29) is 0 Å². The second-order valence-corrected chi connectivity index (χ2v) is 4.81. The van der Waals surface area contributed by atoms with E-state index in [2.05, 4.69) is 22.0 Å². The van der Waals surface area contributed by atoms with Gasteiger partial charge in [0.1, 0.15) is 0 Å². The van der Waals surface area contributed by atoms with Gasteiger partial charge in [-0.1, -0.05) is 6.92 Å². The predicted molar refractivity (Wildman–Crippen MR) is 59.5 cm³/mol. The van der Waals surface area contributed by atoms with Gasteiger partial charge in [-0.3, -0.25) is 0 Å². The molecule has 82 valence electrons. The van der Waals surface area contributed by atoms with E-state index >= 15 is 0 Å². The Morgan fingerprint density at radius 1 is 1.07 bits per heavy atom. The van der Waals surface area contributed by atoms with Crippen molar-refractivity contribution >= 4 is 0 Å². The quantitative estimate of drug-likeness (QED) is 0.696. The standard InChI is InChI=1S/C11H23N3/c1-11-9-14(10-11)6-2-5-13-7-3-12-4-8-13/h11-12H,2-10H2,1H3. The Morgan fingerprint density at radius 2 is 1.71 bits per heavy atom. The van der Waals surface area contributed by atoms with Crippen molar-refractivity contribution < 1.29 is 0 Å². The van der Waals surface area contributed by atoms with Crippen LogP contribution in [-0.2, 0) is 0 Å². The minimum Gasteiger partial charge on any atom is -0.314 e. The van der Waals surface area contributed by atoms with Crippen molar-refractivity contribution in [3.8, 4) is 0 Å². The first-order valence-electron chi connectivity index (χ1n) is 6.00. The number of likely N-dealkylation sites (tertiary alicyclic amines) is 1. The van der Waals surface area contributed by atoms with Crippen molar-refractivity contribution in [3.63, 3.8) is 0 Å². The molecule has 2 aliphatic rings. The number of nitrogens with one attached hydrogen (secondary N) is 1. The summed E-state index contributed by atoms with van der Waals surface area (Å²) in [6.45, 7) is 12.5. The Hall–Kier alpha value is -0.120. The molecule has 0 amide bonds. The van der Waals surface area contributed by atoms with E-state index in [4.69, 9.17) is 0 Å². The molecule has 0 radical (unpaired) electrons. The predicted octanol–water partition coefficient (Wildman–Crippen LogP) is 0.233. The van der Waals surface area contributed by atoms with Crippen molar-refractivity contribution in [1.82, 2.24) is 15.1 Å². The van der Waals surface area contributed by atoms with Crippen molar-refractivity contribution in [2.75, 3.05) is 52.4 Å². The molecule has 0 aromatic heterocycles. The SMILES string of the molecule is CC1CN(CCCN2CCNCC2)C1.